The zero-order valence-electron chi connectivity index (χ0n) is 8.49. The third kappa shape index (κ3) is 3.45. The average Bonchev–Trinajstić information content (AvgIpc) is 2.29. The highest BCUT2D eigenvalue weighted by Crippen LogP contribution is 2.03. The van der Waals surface area contributed by atoms with E-state index in [2.05, 4.69) is 11.2 Å². The Morgan fingerprint density at radius 3 is 2.60 bits per heavy atom. The minimum atomic E-state index is -0.103. The molecule has 1 aromatic carbocycles. The van der Waals surface area contributed by atoms with Gasteiger partial charge in [-0.3, -0.25) is 4.79 Å². The van der Waals surface area contributed by atoms with Crippen molar-refractivity contribution in [2.75, 3.05) is 6.54 Å². The first-order valence-electron chi connectivity index (χ1n) is 4.78. The molecule has 3 N–H and O–H groups in total. The highest BCUT2D eigenvalue weighted by Gasteiger charge is 2.03. The highest BCUT2D eigenvalue weighted by atomic mass is 16.1. The molecule has 0 aliphatic carbocycles. The molecule has 0 saturated heterocycles. The summed E-state index contributed by atoms with van der Waals surface area (Å²) in [5, 5.41) is 2.72. The maximum Gasteiger partial charge on any atom is 0.251 e. The molecule has 1 rings (SSSR count). The molecular weight excluding hydrogens is 188 g/mol. The quantitative estimate of drug-likeness (QED) is 0.563. The van der Waals surface area contributed by atoms with E-state index >= 15 is 0 Å². The zero-order chi connectivity index (χ0) is 11.1. The van der Waals surface area contributed by atoms with Crippen LogP contribution in [0.3, 0.4) is 0 Å². The van der Waals surface area contributed by atoms with E-state index in [4.69, 9.17) is 12.2 Å². The summed E-state index contributed by atoms with van der Waals surface area (Å²) in [4.78, 5) is 11.5. The number of rotatable bonds is 4. The standard InChI is InChI=1S/C12H14N2O/c1-2-3-8-14-12(15)11-6-4-10(9-13)5-7-11/h1,4-7H,3,8-9,13H2,(H,14,15). The van der Waals surface area contributed by atoms with Crippen LogP contribution in [0, 0.1) is 12.3 Å². The maximum atomic E-state index is 11.5. The number of hydrogen-bond acceptors (Lipinski definition) is 2. The van der Waals surface area contributed by atoms with E-state index in [0.717, 1.165) is 5.56 Å². The summed E-state index contributed by atoms with van der Waals surface area (Å²) < 4.78 is 0. The molecule has 0 spiro atoms. The second-order valence-electron chi connectivity index (χ2n) is 3.11. The summed E-state index contributed by atoms with van der Waals surface area (Å²) in [6, 6.07) is 7.20. The number of benzene rings is 1. The van der Waals surface area contributed by atoms with Gasteiger partial charge in [0.05, 0.1) is 0 Å². The van der Waals surface area contributed by atoms with Crippen LogP contribution in [0.25, 0.3) is 0 Å². The summed E-state index contributed by atoms with van der Waals surface area (Å²) in [6.45, 7) is 0.993. The van der Waals surface area contributed by atoms with Crippen molar-refractivity contribution in [1.82, 2.24) is 5.32 Å². The number of nitrogens with one attached hydrogen (secondary N) is 1. The monoisotopic (exact) mass is 202 g/mol. The third-order valence-corrected chi connectivity index (χ3v) is 2.01. The molecule has 0 aliphatic heterocycles. The number of carbonyl (C=O) groups is 1. The van der Waals surface area contributed by atoms with E-state index in [1.165, 1.54) is 0 Å². The molecule has 0 aromatic heterocycles. The molecule has 0 fully saturated rings. The molecule has 0 atom stereocenters. The van der Waals surface area contributed by atoms with Crippen LogP contribution < -0.4 is 11.1 Å². The topological polar surface area (TPSA) is 55.1 Å². The van der Waals surface area contributed by atoms with Crippen LogP contribution in [0.15, 0.2) is 24.3 Å². The van der Waals surface area contributed by atoms with Gasteiger partial charge in [0.25, 0.3) is 5.91 Å². The molecule has 0 aliphatic rings. The second-order valence-corrected chi connectivity index (χ2v) is 3.11. The summed E-state index contributed by atoms with van der Waals surface area (Å²) in [7, 11) is 0. The molecule has 0 saturated carbocycles. The lowest BCUT2D eigenvalue weighted by Gasteiger charge is -2.03. The Kier molecular flexibility index (Phi) is 4.39. The normalized spacial score (nSPS) is 9.33. The van der Waals surface area contributed by atoms with E-state index in [9.17, 15) is 4.79 Å². The highest BCUT2D eigenvalue weighted by molar-refractivity contribution is 5.94. The number of terminal acetylenes is 1. The minimum absolute atomic E-state index is 0.103. The molecule has 78 valence electrons. The smallest absolute Gasteiger partial charge is 0.251 e. The van der Waals surface area contributed by atoms with Crippen LogP contribution in [0.2, 0.25) is 0 Å². The van der Waals surface area contributed by atoms with Gasteiger partial charge in [-0.15, -0.1) is 12.3 Å². The third-order valence-electron chi connectivity index (χ3n) is 2.01. The van der Waals surface area contributed by atoms with Gasteiger partial charge >= 0.3 is 0 Å². The van der Waals surface area contributed by atoms with Crippen LogP contribution in [0.4, 0.5) is 0 Å². The lowest BCUT2D eigenvalue weighted by molar-refractivity contribution is 0.0954. The fourth-order valence-electron chi connectivity index (χ4n) is 1.14. The summed E-state index contributed by atoms with van der Waals surface area (Å²) in [6.07, 6.45) is 5.62. The molecule has 15 heavy (non-hydrogen) atoms. The number of carbonyl (C=O) groups excluding carboxylic acids is 1. The molecule has 1 aromatic rings. The molecule has 3 nitrogen and oxygen atoms in total. The average molecular weight is 202 g/mol. The molecule has 0 unspecified atom stereocenters. The number of hydrogen-bond donors (Lipinski definition) is 2. The minimum Gasteiger partial charge on any atom is -0.351 e. The molecule has 1 amide bonds. The van der Waals surface area contributed by atoms with Gasteiger partial charge in [0.1, 0.15) is 0 Å². The molecular formula is C12H14N2O. The van der Waals surface area contributed by atoms with E-state index in [-0.39, 0.29) is 5.91 Å². The Morgan fingerprint density at radius 2 is 2.07 bits per heavy atom. The molecule has 3 heteroatoms. The molecule has 0 radical (unpaired) electrons. The van der Waals surface area contributed by atoms with E-state index in [1.54, 1.807) is 12.1 Å². The van der Waals surface area contributed by atoms with Gasteiger partial charge in [-0.1, -0.05) is 12.1 Å². The van der Waals surface area contributed by atoms with Gasteiger partial charge in [0, 0.05) is 25.1 Å². The lowest BCUT2D eigenvalue weighted by atomic mass is 10.1. The summed E-state index contributed by atoms with van der Waals surface area (Å²) in [5.74, 6) is 2.36. The van der Waals surface area contributed by atoms with E-state index in [1.807, 2.05) is 12.1 Å². The fourth-order valence-corrected chi connectivity index (χ4v) is 1.14. The lowest BCUT2D eigenvalue weighted by Crippen LogP contribution is -2.24. The van der Waals surface area contributed by atoms with Crippen LogP contribution in [-0.4, -0.2) is 12.5 Å². The summed E-state index contributed by atoms with van der Waals surface area (Å²) in [5.41, 5.74) is 7.09. The SMILES string of the molecule is C#CCCNC(=O)c1ccc(CN)cc1. The Balaban J connectivity index is 2.55. The van der Waals surface area contributed by atoms with Crippen LogP contribution in [-0.2, 0) is 6.54 Å². The van der Waals surface area contributed by atoms with Gasteiger partial charge in [-0.05, 0) is 17.7 Å². The van der Waals surface area contributed by atoms with Crippen molar-refractivity contribution in [3.63, 3.8) is 0 Å². The van der Waals surface area contributed by atoms with E-state index < -0.39 is 0 Å². The van der Waals surface area contributed by atoms with Crippen molar-refractivity contribution in [2.24, 2.45) is 5.73 Å². The Labute approximate surface area is 89.7 Å². The summed E-state index contributed by atoms with van der Waals surface area (Å²) >= 11 is 0. The van der Waals surface area contributed by atoms with Gasteiger partial charge in [-0.25, -0.2) is 0 Å². The van der Waals surface area contributed by atoms with Crippen molar-refractivity contribution in [3.05, 3.63) is 35.4 Å². The van der Waals surface area contributed by atoms with Crippen molar-refractivity contribution in [3.8, 4) is 12.3 Å². The van der Waals surface area contributed by atoms with Crippen molar-refractivity contribution in [1.29, 1.82) is 0 Å². The predicted molar refractivity (Wildman–Crippen MR) is 60.1 cm³/mol. The Hall–Kier alpha value is -1.79. The zero-order valence-corrected chi connectivity index (χ0v) is 8.49. The van der Waals surface area contributed by atoms with Crippen molar-refractivity contribution >= 4 is 5.91 Å². The first-order valence-corrected chi connectivity index (χ1v) is 4.78. The largest absolute Gasteiger partial charge is 0.351 e. The van der Waals surface area contributed by atoms with Gasteiger partial charge in [-0.2, -0.15) is 0 Å². The molecule has 0 heterocycles. The van der Waals surface area contributed by atoms with Gasteiger partial charge in [0.15, 0.2) is 0 Å². The van der Waals surface area contributed by atoms with Gasteiger partial charge in [0.2, 0.25) is 0 Å². The van der Waals surface area contributed by atoms with E-state index in [0.29, 0.717) is 25.1 Å². The molecule has 0 bridgehead atoms. The fraction of sp³-hybridized carbons (Fsp3) is 0.250. The van der Waals surface area contributed by atoms with Gasteiger partial charge < -0.3 is 11.1 Å². The number of amides is 1. The van der Waals surface area contributed by atoms with Crippen molar-refractivity contribution in [2.45, 2.75) is 13.0 Å². The number of nitrogens with two attached hydrogens (primary N) is 1. The second kappa shape index (κ2) is 5.84. The maximum absolute atomic E-state index is 11.5. The Bertz CT molecular complexity index is 362. The first-order chi connectivity index (χ1) is 7.27. The first kappa shape index (κ1) is 11.3. The Morgan fingerprint density at radius 1 is 1.40 bits per heavy atom. The van der Waals surface area contributed by atoms with Crippen LogP contribution >= 0.6 is 0 Å². The van der Waals surface area contributed by atoms with Crippen molar-refractivity contribution < 1.29 is 4.79 Å². The van der Waals surface area contributed by atoms with Crippen LogP contribution in [0.1, 0.15) is 22.3 Å². The predicted octanol–water partition coefficient (Wildman–Crippen LogP) is 0.898. The van der Waals surface area contributed by atoms with Crippen LogP contribution in [0.5, 0.6) is 0 Å².